The summed E-state index contributed by atoms with van der Waals surface area (Å²) in [4.78, 5) is 14.6. The Kier molecular flexibility index (Phi) is 8.55. The summed E-state index contributed by atoms with van der Waals surface area (Å²) in [5, 5.41) is 2.96. The highest BCUT2D eigenvalue weighted by Gasteiger charge is 2.15. The van der Waals surface area contributed by atoms with E-state index in [0.717, 1.165) is 37.6 Å². The van der Waals surface area contributed by atoms with Crippen LogP contribution in [-0.2, 0) is 11.3 Å². The van der Waals surface area contributed by atoms with Gasteiger partial charge in [-0.3, -0.25) is 4.79 Å². The highest BCUT2D eigenvalue weighted by Crippen LogP contribution is 2.21. The second kappa shape index (κ2) is 10.1. The van der Waals surface area contributed by atoms with Crippen molar-refractivity contribution in [3.05, 3.63) is 59.7 Å². The largest absolute Gasteiger partial charge is 0.398 e. The minimum absolute atomic E-state index is 0. The first-order chi connectivity index (χ1) is 11.3. The third-order valence-electron chi connectivity index (χ3n) is 3.99. The maximum Gasteiger partial charge on any atom is 0.253 e. The number of nitrogen functional groups attached to an aromatic ring is 1. The molecule has 136 valence electrons. The lowest BCUT2D eigenvalue weighted by atomic mass is 10.1. The minimum atomic E-state index is -0.153. The fraction of sp³-hybridized carbons (Fsp3) is 0.278. The first-order valence-corrected chi connectivity index (χ1v) is 7.79. The normalized spacial score (nSPS) is 13.4. The SMILES string of the molecule is Cl.Cl.Nc1ccccc1C(=O)NCc1ccccc1N1CCOCC1. The van der Waals surface area contributed by atoms with Crippen molar-refractivity contribution in [3.63, 3.8) is 0 Å². The molecule has 0 unspecified atom stereocenters. The van der Waals surface area contributed by atoms with E-state index in [1.807, 2.05) is 30.3 Å². The summed E-state index contributed by atoms with van der Waals surface area (Å²) in [6, 6.07) is 15.2. The van der Waals surface area contributed by atoms with Crippen molar-refractivity contribution >= 4 is 42.1 Å². The van der Waals surface area contributed by atoms with Crippen molar-refractivity contribution in [1.29, 1.82) is 0 Å². The second-order valence-electron chi connectivity index (χ2n) is 5.50. The maximum atomic E-state index is 12.3. The topological polar surface area (TPSA) is 67.6 Å². The summed E-state index contributed by atoms with van der Waals surface area (Å²) in [6.45, 7) is 3.69. The van der Waals surface area contributed by atoms with Crippen LogP contribution >= 0.6 is 24.8 Å². The maximum absolute atomic E-state index is 12.3. The van der Waals surface area contributed by atoms with Gasteiger partial charge in [-0.2, -0.15) is 0 Å². The van der Waals surface area contributed by atoms with E-state index >= 15 is 0 Å². The van der Waals surface area contributed by atoms with Crippen molar-refractivity contribution < 1.29 is 9.53 Å². The number of ether oxygens (including phenoxy) is 1. The van der Waals surface area contributed by atoms with Gasteiger partial charge in [-0.1, -0.05) is 30.3 Å². The van der Waals surface area contributed by atoms with E-state index in [-0.39, 0.29) is 30.7 Å². The predicted octanol–water partition coefficient (Wildman–Crippen LogP) is 2.88. The summed E-state index contributed by atoms with van der Waals surface area (Å²) in [5.41, 5.74) is 9.10. The summed E-state index contributed by atoms with van der Waals surface area (Å²) in [6.07, 6.45) is 0. The monoisotopic (exact) mass is 383 g/mol. The summed E-state index contributed by atoms with van der Waals surface area (Å²) >= 11 is 0. The van der Waals surface area contributed by atoms with E-state index in [2.05, 4.69) is 16.3 Å². The van der Waals surface area contributed by atoms with Crippen LogP contribution in [0.4, 0.5) is 11.4 Å². The van der Waals surface area contributed by atoms with E-state index < -0.39 is 0 Å². The standard InChI is InChI=1S/C18H21N3O2.2ClH/c19-16-7-3-2-6-15(16)18(22)20-13-14-5-1-4-8-17(14)21-9-11-23-12-10-21;;/h1-8H,9-13,19H2,(H,20,22);2*1H. The fourth-order valence-electron chi connectivity index (χ4n) is 2.75. The number of halogens is 2. The Morgan fingerprint density at radius 1 is 1.04 bits per heavy atom. The van der Waals surface area contributed by atoms with Crippen LogP contribution < -0.4 is 16.0 Å². The lowest BCUT2D eigenvalue weighted by Crippen LogP contribution is -2.37. The van der Waals surface area contributed by atoms with Gasteiger partial charge in [-0.15, -0.1) is 24.8 Å². The number of amides is 1. The lowest BCUT2D eigenvalue weighted by Gasteiger charge is -2.30. The molecular weight excluding hydrogens is 361 g/mol. The lowest BCUT2D eigenvalue weighted by molar-refractivity contribution is 0.0951. The molecule has 1 saturated heterocycles. The van der Waals surface area contributed by atoms with Crippen LogP contribution in [0.15, 0.2) is 48.5 Å². The Hall–Kier alpha value is -1.95. The molecule has 0 saturated carbocycles. The van der Waals surface area contributed by atoms with Gasteiger partial charge in [0.05, 0.1) is 18.8 Å². The quantitative estimate of drug-likeness (QED) is 0.796. The van der Waals surface area contributed by atoms with E-state index in [1.165, 1.54) is 0 Å². The van der Waals surface area contributed by atoms with Crippen molar-refractivity contribution in [1.82, 2.24) is 5.32 Å². The van der Waals surface area contributed by atoms with Gasteiger partial charge >= 0.3 is 0 Å². The number of rotatable bonds is 4. The number of para-hydroxylation sites is 2. The first kappa shape index (κ1) is 21.1. The molecule has 25 heavy (non-hydrogen) atoms. The van der Waals surface area contributed by atoms with E-state index in [1.54, 1.807) is 12.1 Å². The molecule has 1 fully saturated rings. The number of anilines is 2. The molecule has 2 aromatic rings. The smallest absolute Gasteiger partial charge is 0.253 e. The number of hydrogen-bond donors (Lipinski definition) is 2. The molecule has 0 spiro atoms. The highest BCUT2D eigenvalue weighted by atomic mass is 35.5. The zero-order valence-corrected chi connectivity index (χ0v) is 15.4. The Labute approximate surface area is 160 Å². The average molecular weight is 384 g/mol. The molecule has 1 aliphatic heterocycles. The zero-order valence-electron chi connectivity index (χ0n) is 13.8. The minimum Gasteiger partial charge on any atom is -0.398 e. The third kappa shape index (κ3) is 5.26. The average Bonchev–Trinajstić information content (AvgIpc) is 2.61. The first-order valence-electron chi connectivity index (χ1n) is 7.79. The van der Waals surface area contributed by atoms with Gasteiger partial charge in [-0.05, 0) is 23.8 Å². The van der Waals surface area contributed by atoms with Crippen LogP contribution in [0.3, 0.4) is 0 Å². The van der Waals surface area contributed by atoms with Crippen molar-refractivity contribution in [2.45, 2.75) is 6.54 Å². The van der Waals surface area contributed by atoms with Gasteiger partial charge in [0.2, 0.25) is 0 Å². The molecule has 0 aliphatic carbocycles. The number of carbonyl (C=O) groups is 1. The second-order valence-corrected chi connectivity index (χ2v) is 5.50. The predicted molar refractivity (Wildman–Crippen MR) is 106 cm³/mol. The van der Waals surface area contributed by atoms with E-state index in [0.29, 0.717) is 17.8 Å². The Morgan fingerprint density at radius 2 is 1.68 bits per heavy atom. The van der Waals surface area contributed by atoms with E-state index in [4.69, 9.17) is 10.5 Å². The number of nitrogens with one attached hydrogen (secondary N) is 1. The number of nitrogens with two attached hydrogens (primary N) is 1. The molecule has 7 heteroatoms. The van der Waals surface area contributed by atoms with Gasteiger partial charge in [0.15, 0.2) is 0 Å². The van der Waals surface area contributed by atoms with Crippen LogP contribution in [0.25, 0.3) is 0 Å². The van der Waals surface area contributed by atoms with Gasteiger partial charge in [0, 0.05) is 31.0 Å². The third-order valence-corrected chi connectivity index (χ3v) is 3.99. The molecule has 5 nitrogen and oxygen atoms in total. The van der Waals surface area contributed by atoms with Crippen LogP contribution in [0.2, 0.25) is 0 Å². The molecular formula is C18H23Cl2N3O2. The molecule has 0 aromatic heterocycles. The molecule has 0 bridgehead atoms. The van der Waals surface area contributed by atoms with Gasteiger partial charge in [0.25, 0.3) is 5.91 Å². The molecule has 1 aliphatic rings. The highest BCUT2D eigenvalue weighted by molar-refractivity contribution is 5.99. The number of nitrogens with zero attached hydrogens (tertiary/aromatic N) is 1. The van der Waals surface area contributed by atoms with Crippen LogP contribution in [-0.4, -0.2) is 32.2 Å². The van der Waals surface area contributed by atoms with Crippen molar-refractivity contribution in [3.8, 4) is 0 Å². The number of morpholine rings is 1. The molecule has 3 rings (SSSR count). The van der Waals surface area contributed by atoms with Crippen LogP contribution in [0.5, 0.6) is 0 Å². The van der Waals surface area contributed by atoms with Gasteiger partial charge < -0.3 is 20.7 Å². The number of hydrogen-bond acceptors (Lipinski definition) is 4. The number of benzene rings is 2. The Morgan fingerprint density at radius 3 is 2.40 bits per heavy atom. The van der Waals surface area contributed by atoms with E-state index in [9.17, 15) is 4.79 Å². The summed E-state index contributed by atoms with van der Waals surface area (Å²) in [5.74, 6) is -0.153. The summed E-state index contributed by atoms with van der Waals surface area (Å²) < 4.78 is 5.40. The summed E-state index contributed by atoms with van der Waals surface area (Å²) in [7, 11) is 0. The number of carbonyl (C=O) groups excluding carboxylic acids is 1. The van der Waals surface area contributed by atoms with Gasteiger partial charge in [0.1, 0.15) is 0 Å². The van der Waals surface area contributed by atoms with Gasteiger partial charge in [-0.25, -0.2) is 0 Å². The Balaban J connectivity index is 0.00000156. The molecule has 1 amide bonds. The molecule has 0 radical (unpaired) electrons. The van der Waals surface area contributed by atoms with Crippen molar-refractivity contribution in [2.75, 3.05) is 36.9 Å². The molecule has 1 heterocycles. The molecule has 3 N–H and O–H groups in total. The van der Waals surface area contributed by atoms with Crippen LogP contribution in [0, 0.1) is 0 Å². The zero-order chi connectivity index (χ0) is 16.1. The fourth-order valence-corrected chi connectivity index (χ4v) is 2.75. The Bertz CT molecular complexity index is 692. The van der Waals surface area contributed by atoms with Crippen LogP contribution in [0.1, 0.15) is 15.9 Å². The van der Waals surface area contributed by atoms with Crippen molar-refractivity contribution in [2.24, 2.45) is 0 Å². The molecule has 2 aromatic carbocycles. The molecule has 0 atom stereocenters.